The van der Waals surface area contributed by atoms with Gasteiger partial charge in [0.25, 0.3) is 0 Å². The van der Waals surface area contributed by atoms with Gasteiger partial charge in [0.15, 0.2) is 0 Å². The van der Waals surface area contributed by atoms with E-state index in [-0.39, 0.29) is 18.2 Å². The van der Waals surface area contributed by atoms with Crippen molar-refractivity contribution in [3.63, 3.8) is 0 Å². The molecule has 1 aromatic carbocycles. The Morgan fingerprint density at radius 1 is 1.32 bits per heavy atom. The van der Waals surface area contributed by atoms with Crippen LogP contribution in [0.4, 0.5) is 4.79 Å². The van der Waals surface area contributed by atoms with E-state index in [2.05, 4.69) is 25.8 Å². The molecule has 1 heterocycles. The summed E-state index contributed by atoms with van der Waals surface area (Å²) in [7, 11) is 3.77. The lowest BCUT2D eigenvalue weighted by Gasteiger charge is -2.31. The van der Waals surface area contributed by atoms with Gasteiger partial charge in [-0.1, -0.05) is 30.3 Å². The molecule has 122 valence electrons. The third kappa shape index (κ3) is 3.99. The van der Waals surface area contributed by atoms with Crippen LogP contribution >= 0.6 is 0 Å². The second-order valence-corrected chi connectivity index (χ2v) is 6.05. The molecule has 0 bridgehead atoms. The van der Waals surface area contributed by atoms with Gasteiger partial charge in [-0.3, -0.25) is 4.90 Å². The molecule has 1 aliphatic heterocycles. The summed E-state index contributed by atoms with van der Waals surface area (Å²) in [6.07, 6.45) is -0.248. The van der Waals surface area contributed by atoms with Crippen LogP contribution in [0, 0.1) is 0 Å². The van der Waals surface area contributed by atoms with E-state index in [9.17, 15) is 4.79 Å². The number of hydrogen-bond acceptors (Lipinski definition) is 4. The minimum absolute atomic E-state index is 0.0247. The third-order valence-electron chi connectivity index (χ3n) is 4.34. The number of carbonyl (C=O) groups is 1. The fraction of sp³-hybridized carbons (Fsp3) is 0.588. The smallest absolute Gasteiger partial charge is 0.410 e. The van der Waals surface area contributed by atoms with Gasteiger partial charge >= 0.3 is 6.09 Å². The van der Waals surface area contributed by atoms with Crippen molar-refractivity contribution in [1.29, 1.82) is 0 Å². The molecule has 2 atom stereocenters. The number of methoxy groups -OCH3 is 1. The second kappa shape index (κ2) is 7.61. The average molecular weight is 306 g/mol. The molecule has 5 heteroatoms. The van der Waals surface area contributed by atoms with Gasteiger partial charge in [-0.25, -0.2) is 4.79 Å². The number of ether oxygens (including phenoxy) is 2. The number of amides is 1. The highest BCUT2D eigenvalue weighted by molar-refractivity contribution is 5.68. The standard InChI is InChI=1S/C17H26N2O3/c1-13(2)18(3)15-10-19(11-16(15)21-4)17(20)22-12-14-8-6-5-7-9-14/h5-9,13,15-16H,10-12H2,1-4H3/t15-,16-/m1/s1. The van der Waals surface area contributed by atoms with Gasteiger partial charge in [-0.2, -0.15) is 0 Å². The molecule has 22 heavy (non-hydrogen) atoms. The van der Waals surface area contributed by atoms with E-state index in [1.807, 2.05) is 30.3 Å². The van der Waals surface area contributed by atoms with Crippen molar-refractivity contribution >= 4 is 6.09 Å². The Labute approximate surface area is 132 Å². The van der Waals surface area contributed by atoms with Crippen LogP contribution in [0.5, 0.6) is 0 Å². The molecule has 1 fully saturated rings. The number of carbonyl (C=O) groups excluding carboxylic acids is 1. The van der Waals surface area contributed by atoms with Gasteiger partial charge in [0.05, 0.1) is 18.7 Å². The van der Waals surface area contributed by atoms with Gasteiger partial charge in [0.1, 0.15) is 6.61 Å². The van der Waals surface area contributed by atoms with Crippen molar-refractivity contribution in [3.05, 3.63) is 35.9 Å². The Hall–Kier alpha value is -1.59. The molecule has 0 spiro atoms. The molecular weight excluding hydrogens is 280 g/mol. The van der Waals surface area contributed by atoms with Gasteiger partial charge in [0, 0.05) is 19.7 Å². The zero-order valence-electron chi connectivity index (χ0n) is 13.9. The van der Waals surface area contributed by atoms with E-state index >= 15 is 0 Å². The van der Waals surface area contributed by atoms with Crippen LogP contribution in [0.15, 0.2) is 30.3 Å². The molecule has 1 saturated heterocycles. The van der Waals surface area contributed by atoms with Crippen molar-refractivity contribution in [2.24, 2.45) is 0 Å². The molecule has 0 radical (unpaired) electrons. The quantitative estimate of drug-likeness (QED) is 0.837. The Balaban J connectivity index is 1.91. The predicted molar refractivity (Wildman–Crippen MR) is 85.7 cm³/mol. The minimum atomic E-state index is -0.273. The van der Waals surface area contributed by atoms with Crippen LogP contribution < -0.4 is 0 Å². The fourth-order valence-corrected chi connectivity index (χ4v) is 2.72. The normalized spacial score (nSPS) is 21.6. The van der Waals surface area contributed by atoms with E-state index in [0.29, 0.717) is 25.7 Å². The second-order valence-electron chi connectivity index (χ2n) is 6.05. The van der Waals surface area contributed by atoms with E-state index in [0.717, 1.165) is 5.56 Å². The van der Waals surface area contributed by atoms with Crippen LogP contribution in [0.3, 0.4) is 0 Å². The van der Waals surface area contributed by atoms with Gasteiger partial charge in [0.2, 0.25) is 0 Å². The Bertz CT molecular complexity index is 478. The first kappa shape index (κ1) is 16.8. The zero-order valence-corrected chi connectivity index (χ0v) is 13.9. The number of likely N-dealkylation sites (N-methyl/N-ethyl adjacent to an activating group) is 1. The molecule has 0 aromatic heterocycles. The highest BCUT2D eigenvalue weighted by Gasteiger charge is 2.39. The lowest BCUT2D eigenvalue weighted by molar-refractivity contribution is 0.0421. The molecular formula is C17H26N2O3. The van der Waals surface area contributed by atoms with Crippen molar-refractivity contribution in [1.82, 2.24) is 9.80 Å². The molecule has 1 aromatic rings. The van der Waals surface area contributed by atoms with Crippen molar-refractivity contribution in [3.8, 4) is 0 Å². The van der Waals surface area contributed by atoms with Gasteiger partial charge < -0.3 is 14.4 Å². The monoisotopic (exact) mass is 306 g/mol. The van der Waals surface area contributed by atoms with Crippen LogP contribution in [0.25, 0.3) is 0 Å². The number of hydrogen-bond donors (Lipinski definition) is 0. The number of benzene rings is 1. The largest absolute Gasteiger partial charge is 0.445 e. The van der Waals surface area contributed by atoms with Gasteiger partial charge in [-0.05, 0) is 26.5 Å². The molecule has 0 aliphatic carbocycles. The fourth-order valence-electron chi connectivity index (χ4n) is 2.72. The molecule has 1 aliphatic rings. The molecule has 0 N–H and O–H groups in total. The van der Waals surface area contributed by atoms with Crippen LogP contribution in [-0.4, -0.2) is 61.3 Å². The Kier molecular flexibility index (Phi) is 5.80. The highest BCUT2D eigenvalue weighted by atomic mass is 16.6. The van der Waals surface area contributed by atoms with Crippen molar-refractivity contribution in [2.45, 2.75) is 38.6 Å². The third-order valence-corrected chi connectivity index (χ3v) is 4.34. The lowest BCUT2D eigenvalue weighted by atomic mass is 10.1. The summed E-state index contributed by atoms with van der Waals surface area (Å²) in [5, 5.41) is 0. The first-order chi connectivity index (χ1) is 10.5. The number of rotatable bonds is 5. The number of likely N-dealkylation sites (tertiary alicyclic amines) is 1. The Morgan fingerprint density at radius 3 is 2.59 bits per heavy atom. The highest BCUT2D eigenvalue weighted by Crippen LogP contribution is 2.20. The Morgan fingerprint density at radius 2 is 2.00 bits per heavy atom. The molecule has 2 rings (SSSR count). The van der Waals surface area contributed by atoms with Crippen LogP contribution in [-0.2, 0) is 16.1 Å². The molecule has 0 saturated carbocycles. The summed E-state index contributed by atoms with van der Waals surface area (Å²) in [4.78, 5) is 16.2. The molecule has 0 unspecified atom stereocenters. The minimum Gasteiger partial charge on any atom is -0.445 e. The summed E-state index contributed by atoms with van der Waals surface area (Å²) in [6, 6.07) is 10.3. The SMILES string of the molecule is CO[C@@H]1CN(C(=O)OCc2ccccc2)C[C@H]1N(C)C(C)C. The maximum absolute atomic E-state index is 12.2. The number of nitrogens with zero attached hydrogens (tertiary/aromatic N) is 2. The molecule has 5 nitrogen and oxygen atoms in total. The summed E-state index contributed by atoms with van der Waals surface area (Å²) >= 11 is 0. The van der Waals surface area contributed by atoms with Crippen LogP contribution in [0.2, 0.25) is 0 Å². The summed E-state index contributed by atoms with van der Waals surface area (Å²) in [5.41, 5.74) is 0.995. The topological polar surface area (TPSA) is 42.0 Å². The summed E-state index contributed by atoms with van der Waals surface area (Å²) in [5.74, 6) is 0. The van der Waals surface area contributed by atoms with Gasteiger partial charge in [-0.15, -0.1) is 0 Å². The van der Waals surface area contributed by atoms with Crippen LogP contribution in [0.1, 0.15) is 19.4 Å². The van der Waals surface area contributed by atoms with Crippen molar-refractivity contribution in [2.75, 3.05) is 27.2 Å². The van der Waals surface area contributed by atoms with Crippen molar-refractivity contribution < 1.29 is 14.3 Å². The average Bonchev–Trinajstić information content (AvgIpc) is 2.97. The van der Waals surface area contributed by atoms with E-state index < -0.39 is 0 Å². The van der Waals surface area contributed by atoms with E-state index in [4.69, 9.17) is 9.47 Å². The maximum atomic E-state index is 12.2. The first-order valence-corrected chi connectivity index (χ1v) is 7.73. The first-order valence-electron chi connectivity index (χ1n) is 7.73. The summed E-state index contributed by atoms with van der Waals surface area (Å²) in [6.45, 7) is 5.80. The lowest BCUT2D eigenvalue weighted by Crippen LogP contribution is -2.45. The summed E-state index contributed by atoms with van der Waals surface area (Å²) < 4.78 is 11.0. The van der Waals surface area contributed by atoms with E-state index in [1.165, 1.54) is 0 Å². The van der Waals surface area contributed by atoms with E-state index in [1.54, 1.807) is 12.0 Å². The zero-order chi connectivity index (χ0) is 16.1. The molecule has 1 amide bonds. The predicted octanol–water partition coefficient (Wildman–Crippen LogP) is 2.36. The maximum Gasteiger partial charge on any atom is 0.410 e.